The van der Waals surface area contributed by atoms with Crippen LogP contribution in [0.5, 0.6) is 11.5 Å². The summed E-state index contributed by atoms with van der Waals surface area (Å²) in [4.78, 5) is 12.3. The van der Waals surface area contributed by atoms with Crippen molar-refractivity contribution in [2.24, 2.45) is 0 Å². The van der Waals surface area contributed by atoms with Crippen molar-refractivity contribution in [3.63, 3.8) is 0 Å². The van der Waals surface area contributed by atoms with E-state index in [9.17, 15) is 4.79 Å². The molecule has 0 unspecified atom stereocenters. The second-order valence-electron chi connectivity index (χ2n) is 4.54. The van der Waals surface area contributed by atoms with E-state index in [-0.39, 0.29) is 11.0 Å². The van der Waals surface area contributed by atoms with Crippen LogP contribution in [-0.4, -0.2) is 24.7 Å². The third kappa shape index (κ3) is 4.43. The fourth-order valence-electron chi connectivity index (χ4n) is 2.01. The zero-order chi connectivity index (χ0) is 16.7. The molecule has 1 amide bonds. The summed E-state index contributed by atoms with van der Waals surface area (Å²) in [7, 11) is 1.51. The average Bonchev–Trinajstić information content (AvgIpc) is 2.56. The molecular formula is C17H18N2O3S. The van der Waals surface area contributed by atoms with E-state index in [0.29, 0.717) is 29.4 Å². The number of thiocarbonyl (C=S) groups is 1. The predicted molar refractivity (Wildman–Crippen MR) is 94.3 cm³/mol. The van der Waals surface area contributed by atoms with Crippen molar-refractivity contribution < 1.29 is 14.3 Å². The Bertz CT molecular complexity index is 704. The van der Waals surface area contributed by atoms with Crippen LogP contribution in [0, 0.1) is 0 Å². The van der Waals surface area contributed by atoms with Crippen molar-refractivity contribution in [1.29, 1.82) is 0 Å². The molecule has 2 aromatic carbocycles. The number of hydrogen-bond donors (Lipinski definition) is 2. The molecule has 0 aliphatic heterocycles. The second kappa shape index (κ2) is 8.14. The molecule has 0 atom stereocenters. The van der Waals surface area contributed by atoms with Gasteiger partial charge in [0, 0.05) is 0 Å². The highest BCUT2D eigenvalue weighted by atomic mass is 32.1. The largest absolute Gasteiger partial charge is 0.496 e. The molecule has 0 bridgehead atoms. The first-order valence-corrected chi connectivity index (χ1v) is 7.53. The Hall–Kier alpha value is -2.60. The molecule has 0 radical (unpaired) electrons. The summed E-state index contributed by atoms with van der Waals surface area (Å²) in [6.07, 6.45) is 0. The zero-order valence-electron chi connectivity index (χ0n) is 13.0. The van der Waals surface area contributed by atoms with Crippen LogP contribution in [0.25, 0.3) is 0 Å². The van der Waals surface area contributed by atoms with E-state index in [4.69, 9.17) is 21.7 Å². The quantitative estimate of drug-likeness (QED) is 0.824. The number of hydrogen-bond acceptors (Lipinski definition) is 4. The van der Waals surface area contributed by atoms with Crippen LogP contribution in [0.1, 0.15) is 17.3 Å². The smallest absolute Gasteiger partial charge is 0.261 e. The molecular weight excluding hydrogens is 312 g/mol. The topological polar surface area (TPSA) is 59.6 Å². The third-order valence-corrected chi connectivity index (χ3v) is 3.22. The number of carbonyl (C=O) groups is 1. The summed E-state index contributed by atoms with van der Waals surface area (Å²) >= 11 is 5.20. The fourth-order valence-corrected chi connectivity index (χ4v) is 2.21. The van der Waals surface area contributed by atoms with Crippen LogP contribution in [0.15, 0.2) is 48.5 Å². The lowest BCUT2D eigenvalue weighted by Crippen LogP contribution is -2.34. The molecule has 120 valence electrons. The fraction of sp³-hybridized carbons (Fsp3) is 0.176. The maximum Gasteiger partial charge on any atom is 0.261 e. The van der Waals surface area contributed by atoms with Crippen molar-refractivity contribution in [1.82, 2.24) is 5.32 Å². The molecule has 2 N–H and O–H groups in total. The van der Waals surface area contributed by atoms with Crippen LogP contribution in [0.4, 0.5) is 5.69 Å². The maximum absolute atomic E-state index is 12.3. The molecule has 0 saturated heterocycles. The van der Waals surface area contributed by atoms with Crippen LogP contribution in [-0.2, 0) is 0 Å². The third-order valence-electron chi connectivity index (χ3n) is 3.01. The Labute approximate surface area is 140 Å². The lowest BCUT2D eigenvalue weighted by Gasteiger charge is -2.14. The van der Waals surface area contributed by atoms with Crippen molar-refractivity contribution in [3.05, 3.63) is 54.1 Å². The Balaban J connectivity index is 2.06. The minimum Gasteiger partial charge on any atom is -0.496 e. The van der Waals surface area contributed by atoms with Gasteiger partial charge in [-0.1, -0.05) is 24.3 Å². The van der Waals surface area contributed by atoms with E-state index in [2.05, 4.69) is 10.6 Å². The van der Waals surface area contributed by atoms with Gasteiger partial charge < -0.3 is 14.8 Å². The van der Waals surface area contributed by atoms with Crippen LogP contribution in [0.3, 0.4) is 0 Å². The highest BCUT2D eigenvalue weighted by Crippen LogP contribution is 2.23. The van der Waals surface area contributed by atoms with E-state index in [1.807, 2.05) is 31.2 Å². The second-order valence-corrected chi connectivity index (χ2v) is 4.95. The molecule has 0 heterocycles. The molecule has 0 aliphatic rings. The number of methoxy groups -OCH3 is 1. The van der Waals surface area contributed by atoms with E-state index < -0.39 is 0 Å². The Morgan fingerprint density at radius 2 is 1.74 bits per heavy atom. The molecule has 23 heavy (non-hydrogen) atoms. The van der Waals surface area contributed by atoms with Crippen molar-refractivity contribution in [2.75, 3.05) is 19.0 Å². The lowest BCUT2D eigenvalue weighted by molar-refractivity contribution is 0.0975. The van der Waals surface area contributed by atoms with Gasteiger partial charge >= 0.3 is 0 Å². The highest BCUT2D eigenvalue weighted by molar-refractivity contribution is 7.80. The SMILES string of the molecule is CCOc1ccccc1NC(=S)NC(=O)c1ccccc1OC. The van der Waals surface area contributed by atoms with Gasteiger partial charge in [0.25, 0.3) is 5.91 Å². The lowest BCUT2D eigenvalue weighted by atomic mass is 10.2. The molecule has 0 aliphatic carbocycles. The molecule has 0 spiro atoms. The Morgan fingerprint density at radius 3 is 2.43 bits per heavy atom. The molecule has 2 rings (SSSR count). The highest BCUT2D eigenvalue weighted by Gasteiger charge is 2.13. The van der Waals surface area contributed by atoms with Gasteiger partial charge in [-0.25, -0.2) is 0 Å². The van der Waals surface area contributed by atoms with Gasteiger partial charge in [-0.15, -0.1) is 0 Å². The van der Waals surface area contributed by atoms with Crippen molar-refractivity contribution >= 4 is 28.9 Å². The first-order chi connectivity index (χ1) is 11.2. The van der Waals surface area contributed by atoms with Gasteiger partial charge in [0.05, 0.1) is 25.0 Å². The minimum absolute atomic E-state index is 0.188. The van der Waals surface area contributed by atoms with Gasteiger partial charge in [-0.3, -0.25) is 10.1 Å². The number of ether oxygens (including phenoxy) is 2. The first kappa shape index (κ1) is 16.8. The van der Waals surface area contributed by atoms with Crippen LogP contribution >= 0.6 is 12.2 Å². The molecule has 0 fully saturated rings. The molecule has 6 heteroatoms. The summed E-state index contributed by atoms with van der Waals surface area (Å²) in [5.74, 6) is 0.820. The Kier molecular flexibility index (Phi) is 5.94. The molecule has 0 saturated carbocycles. The summed E-state index contributed by atoms with van der Waals surface area (Å²) < 4.78 is 10.7. The van der Waals surface area contributed by atoms with Crippen molar-refractivity contribution in [3.8, 4) is 11.5 Å². The molecule has 2 aromatic rings. The number of nitrogens with one attached hydrogen (secondary N) is 2. The van der Waals surface area contributed by atoms with E-state index in [0.717, 1.165) is 0 Å². The van der Waals surface area contributed by atoms with Gasteiger partial charge in [0.2, 0.25) is 0 Å². The normalized spacial score (nSPS) is 9.83. The van der Waals surface area contributed by atoms with Crippen LogP contribution < -0.4 is 20.1 Å². The number of para-hydroxylation sites is 3. The standard InChI is InChI=1S/C17H18N2O3S/c1-3-22-15-11-7-5-9-13(15)18-17(23)19-16(20)12-8-4-6-10-14(12)21-2/h4-11H,3H2,1-2H3,(H2,18,19,20,23). The molecule has 0 aromatic heterocycles. The van der Waals surface area contributed by atoms with E-state index >= 15 is 0 Å². The van der Waals surface area contributed by atoms with Gasteiger partial charge in [0.1, 0.15) is 11.5 Å². The first-order valence-electron chi connectivity index (χ1n) is 7.13. The minimum atomic E-state index is -0.339. The summed E-state index contributed by atoms with van der Waals surface area (Å²) in [6, 6.07) is 14.3. The van der Waals surface area contributed by atoms with Gasteiger partial charge in [-0.05, 0) is 43.4 Å². The van der Waals surface area contributed by atoms with E-state index in [1.54, 1.807) is 24.3 Å². The number of anilines is 1. The van der Waals surface area contributed by atoms with Crippen molar-refractivity contribution in [2.45, 2.75) is 6.92 Å². The van der Waals surface area contributed by atoms with Gasteiger partial charge in [0.15, 0.2) is 5.11 Å². The Morgan fingerprint density at radius 1 is 1.09 bits per heavy atom. The number of benzene rings is 2. The summed E-state index contributed by atoms with van der Waals surface area (Å²) in [5, 5.41) is 5.79. The summed E-state index contributed by atoms with van der Waals surface area (Å²) in [6.45, 7) is 2.44. The summed E-state index contributed by atoms with van der Waals surface area (Å²) in [5.41, 5.74) is 1.11. The molecule has 5 nitrogen and oxygen atoms in total. The number of rotatable bonds is 5. The zero-order valence-corrected chi connectivity index (χ0v) is 13.8. The number of amides is 1. The monoisotopic (exact) mass is 330 g/mol. The van der Waals surface area contributed by atoms with Crippen LogP contribution in [0.2, 0.25) is 0 Å². The average molecular weight is 330 g/mol. The van der Waals surface area contributed by atoms with E-state index in [1.165, 1.54) is 7.11 Å². The predicted octanol–water partition coefficient (Wildman–Crippen LogP) is 3.22. The maximum atomic E-state index is 12.3. The number of carbonyl (C=O) groups excluding carboxylic acids is 1. The van der Waals surface area contributed by atoms with Gasteiger partial charge in [-0.2, -0.15) is 0 Å².